The van der Waals surface area contributed by atoms with Crippen LogP contribution in [0.5, 0.6) is 0 Å². The summed E-state index contributed by atoms with van der Waals surface area (Å²) in [5, 5.41) is 24.6. The molecule has 0 fully saturated rings. The molecule has 0 amide bonds. The van der Waals surface area contributed by atoms with Gasteiger partial charge in [0.15, 0.2) is 0 Å². The van der Waals surface area contributed by atoms with Crippen LogP contribution in [0.2, 0.25) is 0 Å². The number of carbonyl (C=O) groups is 1. The molecule has 0 aliphatic rings. The van der Waals surface area contributed by atoms with Gasteiger partial charge in [-0.05, 0) is 34.1 Å². The van der Waals surface area contributed by atoms with Crippen molar-refractivity contribution in [2.75, 3.05) is 0 Å². The van der Waals surface area contributed by atoms with E-state index in [9.17, 15) is 4.79 Å². The first-order chi connectivity index (χ1) is 13.2. The van der Waals surface area contributed by atoms with Gasteiger partial charge < -0.3 is 15.3 Å². The van der Waals surface area contributed by atoms with Crippen molar-refractivity contribution < 1.29 is 55.7 Å². The van der Waals surface area contributed by atoms with Gasteiger partial charge in [-0.25, -0.2) is 0 Å². The van der Waals surface area contributed by atoms with Gasteiger partial charge in [-0.15, -0.1) is 0 Å². The second-order valence-electron chi connectivity index (χ2n) is 8.28. The van der Waals surface area contributed by atoms with E-state index in [0.29, 0.717) is 6.42 Å². The van der Waals surface area contributed by atoms with Gasteiger partial charge in [-0.1, -0.05) is 96.8 Å². The molecule has 0 unspecified atom stereocenters. The fraction of sp³-hybridized carbons (Fsp3) is 0.958. The number of aliphatic hydroxyl groups is 2. The summed E-state index contributed by atoms with van der Waals surface area (Å²) in [5.41, 5.74) is 0. The van der Waals surface area contributed by atoms with E-state index in [1.54, 1.807) is 27.7 Å². The summed E-state index contributed by atoms with van der Waals surface area (Å²) in [6.45, 7) is 9.16. The van der Waals surface area contributed by atoms with E-state index in [1.807, 2.05) is 0 Å². The van der Waals surface area contributed by atoms with Crippen LogP contribution in [-0.4, -0.2) is 33.5 Å². The van der Waals surface area contributed by atoms with E-state index in [2.05, 4.69) is 6.92 Å². The number of aliphatic carboxylic acids is 1. The molecule has 0 spiro atoms. The van der Waals surface area contributed by atoms with Crippen LogP contribution in [0.4, 0.5) is 0 Å². The molecule has 0 heterocycles. The average Bonchev–Trinajstić information content (AvgIpc) is 2.57. The van der Waals surface area contributed by atoms with Crippen LogP contribution in [-0.2, 0) is 4.79 Å². The van der Waals surface area contributed by atoms with Crippen molar-refractivity contribution in [1.82, 2.24) is 0 Å². The minimum atomic E-state index is -0.653. The third-order valence-electron chi connectivity index (χ3n) is 3.99. The van der Waals surface area contributed by atoms with Gasteiger partial charge >= 0.3 is 5.97 Å². The van der Waals surface area contributed by atoms with Crippen molar-refractivity contribution in [1.29, 1.82) is 0 Å². The second kappa shape index (κ2) is 33.2. The summed E-state index contributed by atoms with van der Waals surface area (Å²) in [6, 6.07) is 0. The van der Waals surface area contributed by atoms with Crippen molar-refractivity contribution in [2.24, 2.45) is 0 Å². The summed E-state index contributed by atoms with van der Waals surface area (Å²) >= 11 is 0. The number of rotatable bonds is 16. The van der Waals surface area contributed by atoms with Gasteiger partial charge in [0, 0.05) is 54.2 Å². The van der Waals surface area contributed by atoms with Crippen molar-refractivity contribution in [3.63, 3.8) is 0 Å². The molecular formula is C24H52LaO4. The molecule has 0 bridgehead atoms. The van der Waals surface area contributed by atoms with Crippen LogP contribution in [0.3, 0.4) is 0 Å². The first-order valence-electron chi connectivity index (χ1n) is 11.8. The molecule has 0 aliphatic heterocycles. The van der Waals surface area contributed by atoms with Crippen LogP contribution >= 0.6 is 0 Å². The number of carboxylic acids is 1. The molecule has 4 nitrogen and oxygen atoms in total. The Balaban J connectivity index is -0.000000294. The van der Waals surface area contributed by atoms with E-state index in [-0.39, 0.29) is 47.8 Å². The van der Waals surface area contributed by atoms with Crippen molar-refractivity contribution in [3.8, 4) is 0 Å². The Hall–Kier alpha value is 0.585. The molecule has 0 saturated carbocycles. The maximum absolute atomic E-state index is 10.3. The smallest absolute Gasteiger partial charge is 0.303 e. The first kappa shape index (κ1) is 36.9. The minimum absolute atomic E-state index is 0. The third kappa shape index (κ3) is 65.3. The maximum Gasteiger partial charge on any atom is 0.303 e. The largest absolute Gasteiger partial charge is 0.481 e. The number of hydrogen-bond donors (Lipinski definition) is 3. The zero-order valence-corrected chi connectivity index (χ0v) is 23.9. The normalized spacial score (nSPS) is 9.97. The zero-order chi connectivity index (χ0) is 22.0. The Bertz CT molecular complexity index is 273. The van der Waals surface area contributed by atoms with E-state index in [0.717, 1.165) is 12.8 Å². The molecule has 29 heavy (non-hydrogen) atoms. The SMILES string of the molecule is CC(C)O.CC(C)O.CCCCCCCCCCCCCCCCCC(=O)O.[La]. The minimum Gasteiger partial charge on any atom is -0.481 e. The Kier molecular flexibility index (Phi) is 42.3. The fourth-order valence-corrected chi connectivity index (χ4v) is 2.65. The Morgan fingerprint density at radius 1 is 0.586 bits per heavy atom. The second-order valence-corrected chi connectivity index (χ2v) is 8.28. The van der Waals surface area contributed by atoms with Crippen LogP contribution in [0, 0.1) is 35.6 Å². The molecule has 0 aliphatic carbocycles. The summed E-state index contributed by atoms with van der Waals surface area (Å²) < 4.78 is 0. The van der Waals surface area contributed by atoms with Gasteiger partial charge in [-0.2, -0.15) is 0 Å². The van der Waals surface area contributed by atoms with Gasteiger partial charge in [-0.3, -0.25) is 4.79 Å². The topological polar surface area (TPSA) is 77.8 Å². The van der Waals surface area contributed by atoms with Crippen LogP contribution in [0.15, 0.2) is 0 Å². The van der Waals surface area contributed by atoms with Crippen LogP contribution in [0.25, 0.3) is 0 Å². The summed E-state index contributed by atoms with van der Waals surface area (Å²) in [6.07, 6.45) is 19.9. The molecule has 0 saturated heterocycles. The molecule has 0 atom stereocenters. The van der Waals surface area contributed by atoms with E-state index in [4.69, 9.17) is 15.3 Å². The molecule has 0 aromatic carbocycles. The van der Waals surface area contributed by atoms with Gasteiger partial charge in [0.05, 0.1) is 0 Å². The van der Waals surface area contributed by atoms with Crippen molar-refractivity contribution in [3.05, 3.63) is 0 Å². The number of hydrogen-bond acceptors (Lipinski definition) is 3. The van der Waals surface area contributed by atoms with Crippen molar-refractivity contribution >= 4 is 5.97 Å². The first-order valence-corrected chi connectivity index (χ1v) is 11.8. The predicted octanol–water partition coefficient (Wildman–Crippen LogP) is 7.11. The molecule has 0 rings (SSSR count). The Morgan fingerprint density at radius 3 is 1.00 bits per heavy atom. The summed E-state index contributed by atoms with van der Waals surface area (Å²) in [7, 11) is 0. The van der Waals surface area contributed by atoms with Crippen LogP contribution < -0.4 is 0 Å². The predicted molar refractivity (Wildman–Crippen MR) is 122 cm³/mol. The summed E-state index contributed by atoms with van der Waals surface area (Å²) in [4.78, 5) is 10.3. The Labute approximate surface area is 210 Å². The maximum atomic E-state index is 10.3. The number of unbranched alkanes of at least 4 members (excludes halogenated alkanes) is 14. The quantitative estimate of drug-likeness (QED) is 0.181. The number of aliphatic hydroxyl groups excluding tert-OH is 2. The summed E-state index contributed by atoms with van der Waals surface area (Å²) in [5.74, 6) is -0.653. The van der Waals surface area contributed by atoms with Gasteiger partial charge in [0.25, 0.3) is 0 Å². The van der Waals surface area contributed by atoms with E-state index in [1.165, 1.54) is 83.5 Å². The molecule has 3 N–H and O–H groups in total. The third-order valence-corrected chi connectivity index (χ3v) is 3.99. The van der Waals surface area contributed by atoms with Crippen molar-refractivity contribution in [2.45, 2.75) is 150 Å². The van der Waals surface area contributed by atoms with E-state index >= 15 is 0 Å². The monoisotopic (exact) mass is 543 g/mol. The molecule has 1 radical (unpaired) electrons. The van der Waals surface area contributed by atoms with Crippen LogP contribution in [0.1, 0.15) is 137 Å². The average molecular weight is 544 g/mol. The van der Waals surface area contributed by atoms with Gasteiger partial charge in [0.2, 0.25) is 0 Å². The zero-order valence-electron chi connectivity index (χ0n) is 20.3. The standard InChI is InChI=1S/C18H36O2.2C3H8O.La/c1-2-3-4-5-6-7-8-9-10-11-12-13-14-15-16-17-18(19)20;2*1-3(2)4;/h2-17H2,1H3,(H,19,20);2*3-4H,1-2H3;. The fourth-order valence-electron chi connectivity index (χ4n) is 2.65. The molecule has 5 heteroatoms. The van der Waals surface area contributed by atoms with E-state index < -0.39 is 5.97 Å². The molecular weight excluding hydrogens is 491 g/mol. The number of carboxylic acid groups (broad SMARTS) is 1. The van der Waals surface area contributed by atoms with Gasteiger partial charge in [0.1, 0.15) is 0 Å². The Morgan fingerprint density at radius 2 is 0.793 bits per heavy atom. The molecule has 175 valence electrons. The molecule has 0 aromatic rings. The molecule has 0 aromatic heterocycles.